The van der Waals surface area contributed by atoms with E-state index in [2.05, 4.69) is 51.4 Å². The lowest BCUT2D eigenvalue weighted by Crippen LogP contribution is -2.15. The normalized spacial score (nSPS) is 11.9. The summed E-state index contributed by atoms with van der Waals surface area (Å²) in [6.45, 7) is 9.23. The predicted molar refractivity (Wildman–Crippen MR) is 77.0 cm³/mol. The minimum absolute atomic E-state index is 0.788. The molecule has 0 aromatic carbocycles. The van der Waals surface area contributed by atoms with Gasteiger partial charge in [-0.2, -0.15) is 0 Å². The molecular formula is C13H22AlNS. The lowest BCUT2D eigenvalue weighted by Gasteiger charge is -2.11. The van der Waals surface area contributed by atoms with Gasteiger partial charge in [0.2, 0.25) is 0 Å². The molecule has 0 N–H and O–H groups in total. The molecule has 1 aromatic heterocycles. The summed E-state index contributed by atoms with van der Waals surface area (Å²) in [5.74, 6) is 1.58. The zero-order valence-electron chi connectivity index (χ0n) is 10.8. The highest BCUT2D eigenvalue weighted by Crippen LogP contribution is 2.16. The van der Waals surface area contributed by atoms with Gasteiger partial charge in [0.25, 0.3) is 0 Å². The van der Waals surface area contributed by atoms with Crippen LogP contribution in [0.5, 0.6) is 0 Å². The topological polar surface area (TPSA) is 12.4 Å². The monoisotopic (exact) mass is 251 g/mol. The van der Waals surface area contributed by atoms with Crippen LogP contribution in [0.15, 0.2) is 21.5 Å². The van der Waals surface area contributed by atoms with Crippen LogP contribution in [0.3, 0.4) is 0 Å². The second kappa shape index (κ2) is 7.27. The van der Waals surface area contributed by atoms with Crippen LogP contribution in [0.2, 0.25) is 10.6 Å². The molecule has 0 spiro atoms. The first-order valence-corrected chi connectivity index (χ1v) is 9.17. The van der Waals surface area contributed by atoms with Crippen LogP contribution in [0.25, 0.3) is 0 Å². The Morgan fingerprint density at radius 1 is 1.25 bits per heavy atom. The molecule has 0 bridgehead atoms. The molecule has 1 heterocycles. The van der Waals surface area contributed by atoms with Gasteiger partial charge in [0.1, 0.15) is 0 Å². The van der Waals surface area contributed by atoms with Crippen LogP contribution in [0, 0.1) is 11.8 Å². The molecule has 1 rings (SSSR count). The largest absolute Gasteiger partial charge is 0.436 e. The van der Waals surface area contributed by atoms with Gasteiger partial charge in [-0.1, -0.05) is 56.2 Å². The third kappa shape index (κ3) is 5.84. The summed E-state index contributed by atoms with van der Waals surface area (Å²) in [6, 6.07) is 4.23. The van der Waals surface area contributed by atoms with Crippen molar-refractivity contribution in [3.05, 3.63) is 22.4 Å². The molecule has 1 aromatic rings. The average molecular weight is 251 g/mol. The molecule has 0 aliphatic rings. The van der Waals surface area contributed by atoms with Crippen molar-refractivity contribution in [2.75, 3.05) is 0 Å². The summed E-state index contributed by atoms with van der Waals surface area (Å²) in [5.41, 5.74) is 0. The van der Waals surface area contributed by atoms with Crippen LogP contribution >= 0.6 is 11.3 Å². The van der Waals surface area contributed by atoms with Crippen molar-refractivity contribution >= 4 is 31.9 Å². The van der Waals surface area contributed by atoms with Gasteiger partial charge >= 0.3 is 14.4 Å². The fourth-order valence-electron chi connectivity index (χ4n) is 1.85. The second-order valence-corrected chi connectivity index (χ2v) is 8.73. The number of hydrogen-bond donors (Lipinski definition) is 0. The van der Waals surface area contributed by atoms with Gasteiger partial charge < -0.3 is 3.98 Å². The standard InChI is InChI=1S/C5H4NS.2C4H9.Al/c6-4-5-2-1-3-7-5;2*1-4(2)3;/h1-4H;2*4H,1H2,2-3H3;/q-1;;;+1. The SMILES string of the molecule is CC(C)[CH2][Al]([CH2]C(C)C)/[N]=C/c1cccs1. The van der Waals surface area contributed by atoms with Crippen molar-refractivity contribution < 1.29 is 0 Å². The Kier molecular flexibility index (Phi) is 6.35. The summed E-state index contributed by atoms with van der Waals surface area (Å²) in [6.07, 6.45) is 2.10. The zero-order chi connectivity index (χ0) is 12.0. The van der Waals surface area contributed by atoms with Gasteiger partial charge in [-0.3, -0.25) is 0 Å². The smallest absolute Gasteiger partial charge is 0.404 e. The summed E-state index contributed by atoms with van der Waals surface area (Å²) in [5, 5.41) is 4.78. The molecule has 0 fully saturated rings. The molecule has 0 amide bonds. The van der Waals surface area contributed by atoms with Crippen molar-refractivity contribution in [3.8, 4) is 0 Å². The minimum atomic E-state index is -0.918. The molecule has 0 saturated heterocycles. The molecule has 0 aliphatic heterocycles. The Bertz CT molecular complexity index is 294. The first-order chi connectivity index (χ1) is 7.58. The van der Waals surface area contributed by atoms with Gasteiger partial charge in [-0.15, -0.1) is 11.3 Å². The van der Waals surface area contributed by atoms with Gasteiger partial charge in [-0.25, -0.2) is 0 Å². The minimum Gasteiger partial charge on any atom is -0.404 e. The maximum Gasteiger partial charge on any atom is 0.436 e. The highest BCUT2D eigenvalue weighted by molar-refractivity contribution is 7.11. The fourth-order valence-corrected chi connectivity index (χ4v) is 5.53. The molecular weight excluding hydrogens is 229 g/mol. The van der Waals surface area contributed by atoms with Gasteiger partial charge in [0, 0.05) is 11.1 Å². The van der Waals surface area contributed by atoms with Gasteiger partial charge in [-0.05, 0) is 11.4 Å². The Morgan fingerprint density at radius 2 is 1.88 bits per heavy atom. The number of thiophene rings is 1. The first-order valence-electron chi connectivity index (χ1n) is 6.14. The number of hydrogen-bond acceptors (Lipinski definition) is 2. The van der Waals surface area contributed by atoms with Crippen molar-refractivity contribution in [2.45, 2.75) is 38.3 Å². The molecule has 88 valence electrons. The third-order valence-electron chi connectivity index (χ3n) is 2.44. The summed E-state index contributed by atoms with van der Waals surface area (Å²) in [7, 11) is 0. The van der Waals surface area contributed by atoms with Crippen LogP contribution in [-0.4, -0.2) is 20.6 Å². The highest BCUT2D eigenvalue weighted by Gasteiger charge is 2.20. The van der Waals surface area contributed by atoms with Crippen LogP contribution in [0.1, 0.15) is 32.6 Å². The molecule has 16 heavy (non-hydrogen) atoms. The maximum absolute atomic E-state index is 4.87. The Labute approximate surface area is 108 Å². The summed E-state index contributed by atoms with van der Waals surface area (Å²) < 4.78 is 4.87. The molecule has 0 atom stereocenters. The van der Waals surface area contributed by atoms with E-state index in [1.54, 1.807) is 11.3 Å². The van der Waals surface area contributed by atoms with Crippen LogP contribution in [0.4, 0.5) is 0 Å². The third-order valence-corrected chi connectivity index (χ3v) is 6.79. The Morgan fingerprint density at radius 3 is 2.31 bits per heavy atom. The quantitative estimate of drug-likeness (QED) is 0.522. The van der Waals surface area contributed by atoms with Gasteiger partial charge in [0.05, 0.1) is 0 Å². The number of rotatable bonds is 6. The van der Waals surface area contributed by atoms with E-state index in [1.165, 1.54) is 15.4 Å². The number of nitrogens with zero attached hydrogens (tertiary/aromatic N) is 1. The lowest BCUT2D eigenvalue weighted by molar-refractivity contribution is 0.689. The van der Waals surface area contributed by atoms with Gasteiger partial charge in [0.15, 0.2) is 0 Å². The molecule has 1 nitrogen and oxygen atoms in total. The molecule has 0 aliphatic carbocycles. The van der Waals surface area contributed by atoms with E-state index in [-0.39, 0.29) is 0 Å². The predicted octanol–water partition coefficient (Wildman–Crippen LogP) is 4.47. The van der Waals surface area contributed by atoms with E-state index in [0.717, 1.165) is 11.8 Å². The van der Waals surface area contributed by atoms with Crippen molar-refractivity contribution in [1.29, 1.82) is 0 Å². The Hall–Kier alpha value is -0.0975. The molecule has 0 radical (unpaired) electrons. The fraction of sp³-hybridized carbons (Fsp3) is 0.615. The molecule has 3 heteroatoms. The van der Waals surface area contributed by atoms with Crippen LogP contribution in [-0.2, 0) is 0 Å². The van der Waals surface area contributed by atoms with E-state index in [1.807, 2.05) is 0 Å². The summed E-state index contributed by atoms with van der Waals surface area (Å²) >= 11 is 0.857. The van der Waals surface area contributed by atoms with E-state index < -0.39 is 14.4 Å². The zero-order valence-corrected chi connectivity index (χ0v) is 12.8. The first kappa shape index (κ1) is 14.0. The van der Waals surface area contributed by atoms with E-state index in [9.17, 15) is 0 Å². The van der Waals surface area contributed by atoms with Crippen molar-refractivity contribution in [2.24, 2.45) is 15.8 Å². The maximum atomic E-state index is 4.87. The van der Waals surface area contributed by atoms with Crippen molar-refractivity contribution in [1.82, 2.24) is 0 Å². The van der Waals surface area contributed by atoms with Crippen molar-refractivity contribution in [3.63, 3.8) is 0 Å². The molecule has 0 saturated carbocycles. The highest BCUT2D eigenvalue weighted by atomic mass is 32.1. The van der Waals surface area contributed by atoms with E-state index in [0.29, 0.717) is 0 Å². The van der Waals surface area contributed by atoms with Crippen LogP contribution < -0.4 is 0 Å². The summed E-state index contributed by atoms with van der Waals surface area (Å²) in [4.78, 5) is 1.30. The average Bonchev–Trinajstić information content (AvgIpc) is 2.64. The second-order valence-electron chi connectivity index (χ2n) is 5.21. The van der Waals surface area contributed by atoms with E-state index in [4.69, 9.17) is 3.98 Å². The Balaban J connectivity index is 2.55. The molecule has 0 unspecified atom stereocenters. The van der Waals surface area contributed by atoms with E-state index >= 15 is 0 Å². The lowest BCUT2D eigenvalue weighted by atomic mass is 10.3.